The fraction of sp³-hybridized carbons (Fsp3) is 0.480. The van der Waals surface area contributed by atoms with Gasteiger partial charge in [-0.05, 0) is 44.2 Å². The summed E-state index contributed by atoms with van der Waals surface area (Å²) in [4.78, 5) is 22.6. The number of aromatic nitrogens is 3. The Morgan fingerprint density at radius 3 is 2.78 bits per heavy atom. The van der Waals surface area contributed by atoms with Gasteiger partial charge in [-0.15, -0.1) is 0 Å². The van der Waals surface area contributed by atoms with E-state index in [0.717, 1.165) is 42.7 Å². The fourth-order valence-electron chi connectivity index (χ4n) is 5.50. The largest absolute Gasteiger partial charge is 0.355 e. The smallest absolute Gasteiger partial charge is 0.248 e. The van der Waals surface area contributed by atoms with E-state index in [1.807, 2.05) is 50.4 Å². The number of nitrogens with one attached hydrogen (secondary N) is 1. The number of rotatable bonds is 6. The standard InChI is InChI=1S/C25H33N7O3S/c1-16-14-32-22(27-23(16)31-12-10-19(26)15-31)13-21(28-32)17(2)30(3)24(33)25(29-36(4,34)35)11-9-18-7-5-6-8-20(18)25/h5-8,13-14,17,19,29H,9-12,15,26H2,1-4H3/t17-,19-,25?/m0/s1. The summed E-state index contributed by atoms with van der Waals surface area (Å²) in [5.41, 5.74) is 8.80. The van der Waals surface area contributed by atoms with Gasteiger partial charge in [0.25, 0.3) is 0 Å². The molecule has 3 heterocycles. The highest BCUT2D eigenvalue weighted by atomic mass is 32.2. The molecule has 1 unspecified atom stereocenters. The number of anilines is 1. The van der Waals surface area contributed by atoms with Gasteiger partial charge in [0.15, 0.2) is 5.65 Å². The van der Waals surface area contributed by atoms with Crippen LogP contribution in [0.3, 0.4) is 0 Å². The second kappa shape index (κ2) is 8.82. The molecule has 3 atom stereocenters. The normalized spacial score (nSPS) is 22.7. The van der Waals surface area contributed by atoms with Crippen LogP contribution in [-0.2, 0) is 26.8 Å². The van der Waals surface area contributed by atoms with Crippen LogP contribution in [0.2, 0.25) is 0 Å². The Balaban J connectivity index is 1.47. The van der Waals surface area contributed by atoms with Gasteiger partial charge in [0.1, 0.15) is 11.4 Å². The van der Waals surface area contributed by atoms with Crippen LogP contribution in [0.1, 0.15) is 48.2 Å². The third kappa shape index (κ3) is 4.25. The topological polar surface area (TPSA) is 126 Å². The molecule has 1 saturated heterocycles. The van der Waals surface area contributed by atoms with Crippen molar-refractivity contribution in [1.29, 1.82) is 0 Å². The molecule has 11 heteroatoms. The van der Waals surface area contributed by atoms with Gasteiger partial charge in [0.05, 0.1) is 18.0 Å². The number of fused-ring (bicyclic) bond motifs is 2. The summed E-state index contributed by atoms with van der Waals surface area (Å²) >= 11 is 0. The molecule has 2 aromatic heterocycles. The summed E-state index contributed by atoms with van der Waals surface area (Å²) in [5.74, 6) is 0.594. The third-order valence-corrected chi connectivity index (χ3v) is 8.17. The predicted octanol–water partition coefficient (Wildman–Crippen LogP) is 1.49. The molecule has 0 saturated carbocycles. The molecule has 0 radical (unpaired) electrons. The quantitative estimate of drug-likeness (QED) is 0.513. The molecule has 1 aromatic carbocycles. The van der Waals surface area contributed by atoms with Crippen molar-refractivity contribution in [1.82, 2.24) is 24.2 Å². The Morgan fingerprint density at radius 2 is 2.08 bits per heavy atom. The molecule has 5 rings (SSSR count). The minimum Gasteiger partial charge on any atom is -0.355 e. The summed E-state index contributed by atoms with van der Waals surface area (Å²) < 4.78 is 29.1. The number of hydrogen-bond acceptors (Lipinski definition) is 7. The van der Waals surface area contributed by atoms with Crippen LogP contribution in [0.4, 0.5) is 5.82 Å². The van der Waals surface area contributed by atoms with Gasteiger partial charge < -0.3 is 15.5 Å². The number of nitrogens with two attached hydrogens (primary N) is 1. The maximum Gasteiger partial charge on any atom is 0.248 e. The van der Waals surface area contributed by atoms with Crippen molar-refractivity contribution < 1.29 is 13.2 Å². The maximum atomic E-state index is 14.0. The summed E-state index contributed by atoms with van der Waals surface area (Å²) in [6, 6.07) is 9.14. The molecule has 2 aliphatic rings. The Bertz CT molecular complexity index is 1440. The lowest BCUT2D eigenvalue weighted by molar-refractivity contribution is -0.138. The average molecular weight is 512 g/mol. The van der Waals surface area contributed by atoms with Crippen LogP contribution in [0.15, 0.2) is 36.5 Å². The molecule has 10 nitrogen and oxygen atoms in total. The van der Waals surface area contributed by atoms with E-state index in [4.69, 9.17) is 15.8 Å². The summed E-state index contributed by atoms with van der Waals surface area (Å²) in [6.45, 7) is 5.54. The zero-order valence-corrected chi connectivity index (χ0v) is 21.9. The highest BCUT2D eigenvalue weighted by molar-refractivity contribution is 7.88. The molecular weight excluding hydrogens is 478 g/mol. The van der Waals surface area contributed by atoms with Crippen molar-refractivity contribution in [2.45, 2.75) is 50.7 Å². The number of benzene rings is 1. The van der Waals surface area contributed by atoms with Crippen molar-refractivity contribution in [2.24, 2.45) is 5.73 Å². The van der Waals surface area contributed by atoms with Crippen LogP contribution in [0.5, 0.6) is 0 Å². The zero-order chi connectivity index (χ0) is 25.8. The number of amides is 1. The van der Waals surface area contributed by atoms with Crippen molar-refractivity contribution in [3.63, 3.8) is 0 Å². The number of likely N-dealkylation sites (N-methyl/N-ethyl adjacent to an activating group) is 1. The van der Waals surface area contributed by atoms with Gasteiger partial charge in [-0.25, -0.2) is 17.9 Å². The van der Waals surface area contributed by atoms with E-state index in [-0.39, 0.29) is 11.9 Å². The minimum absolute atomic E-state index is 0.149. The van der Waals surface area contributed by atoms with Gasteiger partial charge in [0, 0.05) is 44.0 Å². The molecule has 0 spiro atoms. The van der Waals surface area contributed by atoms with Crippen LogP contribution in [-0.4, -0.2) is 66.3 Å². The van der Waals surface area contributed by atoms with Crippen molar-refractivity contribution >= 4 is 27.4 Å². The van der Waals surface area contributed by atoms with E-state index in [0.29, 0.717) is 29.7 Å². The summed E-state index contributed by atoms with van der Waals surface area (Å²) in [7, 11) is -1.97. The van der Waals surface area contributed by atoms with E-state index in [2.05, 4.69) is 9.62 Å². The van der Waals surface area contributed by atoms with Crippen LogP contribution in [0.25, 0.3) is 5.65 Å². The van der Waals surface area contributed by atoms with Gasteiger partial charge in [-0.1, -0.05) is 24.3 Å². The highest BCUT2D eigenvalue weighted by Crippen LogP contribution is 2.40. The van der Waals surface area contributed by atoms with Gasteiger partial charge in [0.2, 0.25) is 15.9 Å². The lowest BCUT2D eigenvalue weighted by Crippen LogP contribution is -2.55. The number of aryl methyl sites for hydroxylation is 2. The second-order valence-corrected chi connectivity index (χ2v) is 11.9. The van der Waals surface area contributed by atoms with Gasteiger partial charge in [-0.2, -0.15) is 9.82 Å². The Hall–Kier alpha value is -3.02. The Labute approximate surface area is 211 Å². The molecule has 3 N–H and O–H groups in total. The molecule has 36 heavy (non-hydrogen) atoms. The van der Waals surface area contributed by atoms with Crippen LogP contribution >= 0.6 is 0 Å². The van der Waals surface area contributed by atoms with Crippen molar-refractivity contribution in [3.8, 4) is 0 Å². The first-order valence-corrected chi connectivity index (χ1v) is 14.1. The zero-order valence-electron chi connectivity index (χ0n) is 21.1. The molecule has 1 amide bonds. The molecule has 192 valence electrons. The Kier molecular flexibility index (Phi) is 6.05. The molecule has 1 fully saturated rings. The van der Waals surface area contributed by atoms with Crippen LogP contribution in [0, 0.1) is 6.92 Å². The lowest BCUT2D eigenvalue weighted by Gasteiger charge is -2.35. The van der Waals surface area contributed by atoms with Gasteiger partial charge in [-0.3, -0.25) is 4.79 Å². The minimum atomic E-state index is -3.66. The predicted molar refractivity (Wildman–Crippen MR) is 138 cm³/mol. The molecule has 0 bridgehead atoms. The first-order chi connectivity index (χ1) is 17.0. The van der Waals surface area contributed by atoms with E-state index in [9.17, 15) is 13.2 Å². The van der Waals surface area contributed by atoms with Crippen molar-refractivity contribution in [3.05, 3.63) is 58.9 Å². The summed E-state index contributed by atoms with van der Waals surface area (Å²) in [5, 5.41) is 4.71. The number of hydrogen-bond donors (Lipinski definition) is 2. The van der Waals surface area contributed by atoms with E-state index >= 15 is 0 Å². The number of carbonyl (C=O) groups excluding carboxylic acids is 1. The van der Waals surface area contributed by atoms with Gasteiger partial charge >= 0.3 is 0 Å². The number of sulfonamides is 1. The molecule has 3 aromatic rings. The number of carbonyl (C=O) groups is 1. The highest BCUT2D eigenvalue weighted by Gasteiger charge is 2.49. The first kappa shape index (κ1) is 24.7. The second-order valence-electron chi connectivity index (χ2n) is 10.1. The van der Waals surface area contributed by atoms with Crippen molar-refractivity contribution in [2.75, 3.05) is 31.3 Å². The van der Waals surface area contributed by atoms with E-state index in [1.165, 1.54) is 0 Å². The molecule has 1 aliphatic carbocycles. The number of nitrogens with zero attached hydrogens (tertiary/aromatic N) is 5. The summed E-state index contributed by atoms with van der Waals surface area (Å²) in [6.07, 6.45) is 4.95. The average Bonchev–Trinajstić information content (AvgIpc) is 3.53. The lowest BCUT2D eigenvalue weighted by atomic mass is 9.90. The SMILES string of the molecule is Cc1cn2nc([C@H](C)N(C)C(=O)C3(NS(C)(=O)=O)CCc4ccccc43)cc2nc1N1CC[C@H](N)C1. The molecule has 1 aliphatic heterocycles. The monoisotopic (exact) mass is 511 g/mol. The maximum absolute atomic E-state index is 14.0. The first-order valence-electron chi connectivity index (χ1n) is 12.2. The Morgan fingerprint density at radius 1 is 1.33 bits per heavy atom. The molecular formula is C25H33N7O3S. The van der Waals surface area contributed by atoms with E-state index in [1.54, 1.807) is 16.5 Å². The fourth-order valence-corrected chi connectivity index (χ4v) is 6.43. The van der Waals surface area contributed by atoms with E-state index < -0.39 is 21.6 Å². The third-order valence-electron chi connectivity index (χ3n) is 7.45. The van der Waals surface area contributed by atoms with Crippen LogP contribution < -0.4 is 15.4 Å².